The van der Waals surface area contributed by atoms with Crippen molar-refractivity contribution in [3.8, 4) is 0 Å². The van der Waals surface area contributed by atoms with Gasteiger partial charge >= 0.3 is 0 Å². The van der Waals surface area contributed by atoms with E-state index < -0.39 is 0 Å². The minimum absolute atomic E-state index is 0.109. The SMILES string of the molecule is CC(C(=O)N1CCCCC1Cn1cccn1)n1cncn1. The van der Waals surface area contributed by atoms with Crippen LogP contribution in [0.25, 0.3) is 0 Å². The number of piperidine rings is 1. The van der Waals surface area contributed by atoms with Crippen LogP contribution in [0.4, 0.5) is 0 Å². The average Bonchev–Trinajstić information content (AvgIpc) is 3.19. The Morgan fingerprint density at radius 1 is 1.38 bits per heavy atom. The third kappa shape index (κ3) is 2.96. The fourth-order valence-electron chi connectivity index (χ4n) is 2.88. The molecule has 7 heteroatoms. The lowest BCUT2D eigenvalue weighted by Crippen LogP contribution is -2.48. The Labute approximate surface area is 123 Å². The zero-order valence-electron chi connectivity index (χ0n) is 12.2. The first-order valence-electron chi connectivity index (χ1n) is 7.37. The monoisotopic (exact) mass is 288 g/mol. The van der Waals surface area contributed by atoms with Gasteiger partial charge in [0, 0.05) is 18.9 Å². The summed E-state index contributed by atoms with van der Waals surface area (Å²) < 4.78 is 3.51. The molecule has 0 aliphatic carbocycles. The molecule has 2 aromatic rings. The predicted octanol–water partition coefficient (Wildman–Crippen LogP) is 1.12. The summed E-state index contributed by atoms with van der Waals surface area (Å²) in [6, 6.07) is 1.80. The van der Waals surface area contributed by atoms with Crippen molar-refractivity contribution < 1.29 is 4.79 Å². The fourth-order valence-corrected chi connectivity index (χ4v) is 2.88. The first-order chi connectivity index (χ1) is 10.3. The van der Waals surface area contributed by atoms with Crippen LogP contribution in [0.3, 0.4) is 0 Å². The largest absolute Gasteiger partial charge is 0.336 e. The van der Waals surface area contributed by atoms with Gasteiger partial charge in [-0.2, -0.15) is 10.2 Å². The maximum atomic E-state index is 12.7. The van der Waals surface area contributed by atoms with Crippen molar-refractivity contribution in [3.05, 3.63) is 31.1 Å². The van der Waals surface area contributed by atoms with Gasteiger partial charge in [-0.05, 0) is 32.3 Å². The van der Waals surface area contributed by atoms with E-state index in [9.17, 15) is 4.79 Å². The average molecular weight is 288 g/mol. The number of carbonyl (C=O) groups excluding carboxylic acids is 1. The number of carbonyl (C=O) groups is 1. The van der Waals surface area contributed by atoms with E-state index in [0.717, 1.165) is 32.4 Å². The lowest BCUT2D eigenvalue weighted by molar-refractivity contribution is -0.138. The second-order valence-electron chi connectivity index (χ2n) is 5.46. The molecule has 0 saturated carbocycles. The molecule has 1 saturated heterocycles. The second kappa shape index (κ2) is 6.07. The van der Waals surface area contributed by atoms with Gasteiger partial charge in [0.2, 0.25) is 5.91 Å². The van der Waals surface area contributed by atoms with Crippen LogP contribution in [0, 0.1) is 0 Å². The maximum absolute atomic E-state index is 12.7. The Morgan fingerprint density at radius 2 is 2.29 bits per heavy atom. The maximum Gasteiger partial charge on any atom is 0.247 e. The van der Waals surface area contributed by atoms with E-state index in [1.807, 2.05) is 28.8 Å². The fraction of sp³-hybridized carbons (Fsp3) is 0.571. The van der Waals surface area contributed by atoms with Crippen LogP contribution in [-0.2, 0) is 11.3 Å². The summed E-state index contributed by atoms with van der Waals surface area (Å²) in [4.78, 5) is 18.6. The molecule has 7 nitrogen and oxygen atoms in total. The summed E-state index contributed by atoms with van der Waals surface area (Å²) >= 11 is 0. The minimum Gasteiger partial charge on any atom is -0.336 e. The Balaban J connectivity index is 1.72. The van der Waals surface area contributed by atoms with Crippen molar-refractivity contribution >= 4 is 5.91 Å². The van der Waals surface area contributed by atoms with Gasteiger partial charge < -0.3 is 4.90 Å². The van der Waals surface area contributed by atoms with Crippen molar-refractivity contribution in [2.75, 3.05) is 6.54 Å². The molecule has 1 fully saturated rings. The molecule has 1 amide bonds. The number of hydrogen-bond acceptors (Lipinski definition) is 4. The first kappa shape index (κ1) is 13.8. The molecule has 3 heterocycles. The van der Waals surface area contributed by atoms with Crippen LogP contribution in [0.2, 0.25) is 0 Å². The number of amides is 1. The standard InChI is InChI=1S/C14H20N6O/c1-12(20-11-15-10-17-20)14(21)19-8-3-2-5-13(19)9-18-7-4-6-16-18/h4,6-7,10-13H,2-3,5,8-9H2,1H3. The van der Waals surface area contributed by atoms with Crippen molar-refractivity contribution in [3.63, 3.8) is 0 Å². The van der Waals surface area contributed by atoms with E-state index in [1.165, 1.54) is 6.33 Å². The van der Waals surface area contributed by atoms with Crippen molar-refractivity contribution in [2.45, 2.75) is 44.8 Å². The van der Waals surface area contributed by atoms with Gasteiger partial charge in [-0.1, -0.05) is 0 Å². The summed E-state index contributed by atoms with van der Waals surface area (Å²) in [6.07, 6.45) is 10.0. The lowest BCUT2D eigenvalue weighted by atomic mass is 10.0. The Morgan fingerprint density at radius 3 is 3.00 bits per heavy atom. The molecule has 2 atom stereocenters. The highest BCUT2D eigenvalue weighted by Crippen LogP contribution is 2.21. The molecule has 1 aliphatic rings. The Hall–Kier alpha value is -2.18. The van der Waals surface area contributed by atoms with E-state index in [0.29, 0.717) is 0 Å². The van der Waals surface area contributed by atoms with Gasteiger partial charge in [-0.3, -0.25) is 9.48 Å². The number of likely N-dealkylation sites (tertiary alicyclic amines) is 1. The highest BCUT2D eigenvalue weighted by Gasteiger charge is 2.30. The predicted molar refractivity (Wildman–Crippen MR) is 76.3 cm³/mol. The summed E-state index contributed by atoms with van der Waals surface area (Å²) in [6.45, 7) is 3.43. The third-order valence-corrected chi connectivity index (χ3v) is 4.06. The highest BCUT2D eigenvalue weighted by molar-refractivity contribution is 5.80. The van der Waals surface area contributed by atoms with Gasteiger partial charge in [0.05, 0.1) is 12.6 Å². The molecule has 0 spiro atoms. The van der Waals surface area contributed by atoms with E-state index in [2.05, 4.69) is 15.2 Å². The summed E-state index contributed by atoms with van der Waals surface area (Å²) in [5.41, 5.74) is 0. The molecule has 1 aliphatic heterocycles. The molecular formula is C14H20N6O. The van der Waals surface area contributed by atoms with Crippen molar-refractivity contribution in [2.24, 2.45) is 0 Å². The number of rotatable bonds is 4. The number of aromatic nitrogens is 5. The third-order valence-electron chi connectivity index (χ3n) is 4.06. The van der Waals surface area contributed by atoms with Crippen LogP contribution >= 0.6 is 0 Å². The van der Waals surface area contributed by atoms with Gasteiger partial charge in [-0.25, -0.2) is 9.67 Å². The number of hydrogen-bond donors (Lipinski definition) is 0. The van der Waals surface area contributed by atoms with E-state index in [4.69, 9.17) is 0 Å². The highest BCUT2D eigenvalue weighted by atomic mass is 16.2. The van der Waals surface area contributed by atoms with Gasteiger partial charge in [0.15, 0.2) is 0 Å². The van der Waals surface area contributed by atoms with Crippen LogP contribution in [0.5, 0.6) is 0 Å². The van der Waals surface area contributed by atoms with Crippen LogP contribution in [-0.4, -0.2) is 47.9 Å². The Bertz CT molecular complexity index is 564. The van der Waals surface area contributed by atoms with E-state index >= 15 is 0 Å². The van der Waals surface area contributed by atoms with Gasteiger partial charge in [0.1, 0.15) is 18.7 Å². The molecular weight excluding hydrogens is 268 g/mol. The quantitative estimate of drug-likeness (QED) is 0.845. The molecule has 0 N–H and O–H groups in total. The summed E-state index contributed by atoms with van der Waals surface area (Å²) in [5.74, 6) is 0.109. The van der Waals surface area contributed by atoms with Crippen molar-refractivity contribution in [1.82, 2.24) is 29.4 Å². The van der Waals surface area contributed by atoms with Gasteiger partial charge in [0.25, 0.3) is 0 Å². The molecule has 2 unspecified atom stereocenters. The summed E-state index contributed by atoms with van der Waals surface area (Å²) in [5, 5.41) is 8.32. The molecule has 3 rings (SSSR count). The van der Waals surface area contributed by atoms with E-state index in [1.54, 1.807) is 17.2 Å². The zero-order chi connectivity index (χ0) is 14.7. The smallest absolute Gasteiger partial charge is 0.247 e. The topological polar surface area (TPSA) is 68.8 Å². The lowest BCUT2D eigenvalue weighted by Gasteiger charge is -2.37. The first-order valence-corrected chi connectivity index (χ1v) is 7.37. The normalized spacial score (nSPS) is 20.4. The molecule has 112 valence electrons. The van der Waals surface area contributed by atoms with Crippen LogP contribution in [0.15, 0.2) is 31.1 Å². The Kier molecular flexibility index (Phi) is 3.98. The zero-order valence-corrected chi connectivity index (χ0v) is 12.2. The molecule has 2 aromatic heterocycles. The molecule has 0 bridgehead atoms. The molecule has 21 heavy (non-hydrogen) atoms. The van der Waals surface area contributed by atoms with Crippen LogP contribution < -0.4 is 0 Å². The second-order valence-corrected chi connectivity index (χ2v) is 5.46. The molecule has 0 aromatic carbocycles. The van der Waals surface area contributed by atoms with E-state index in [-0.39, 0.29) is 18.0 Å². The number of nitrogens with zero attached hydrogens (tertiary/aromatic N) is 6. The van der Waals surface area contributed by atoms with Gasteiger partial charge in [-0.15, -0.1) is 0 Å². The minimum atomic E-state index is -0.314. The van der Waals surface area contributed by atoms with Crippen LogP contribution in [0.1, 0.15) is 32.2 Å². The summed E-state index contributed by atoms with van der Waals surface area (Å²) in [7, 11) is 0. The molecule has 0 radical (unpaired) electrons. The van der Waals surface area contributed by atoms with Crippen molar-refractivity contribution in [1.29, 1.82) is 0 Å².